The maximum absolute atomic E-state index is 12.8. The van der Waals surface area contributed by atoms with Crippen molar-refractivity contribution in [3.63, 3.8) is 0 Å². The summed E-state index contributed by atoms with van der Waals surface area (Å²) in [5, 5.41) is 0. The van der Waals surface area contributed by atoms with Gasteiger partial charge >= 0.3 is 0 Å². The van der Waals surface area contributed by atoms with E-state index in [0.29, 0.717) is 12.2 Å². The molecular formula is C29H27NO3. The number of rotatable bonds is 9. The highest BCUT2D eigenvalue weighted by atomic mass is 16.5. The summed E-state index contributed by atoms with van der Waals surface area (Å²) in [6.07, 6.45) is 8.34. The summed E-state index contributed by atoms with van der Waals surface area (Å²) in [5.74, 6) is 1.52. The lowest BCUT2D eigenvalue weighted by atomic mass is 10.1. The van der Waals surface area contributed by atoms with E-state index in [4.69, 9.17) is 9.47 Å². The van der Waals surface area contributed by atoms with E-state index in [9.17, 15) is 4.79 Å². The molecule has 1 aromatic heterocycles. The van der Waals surface area contributed by atoms with Crippen molar-refractivity contribution in [3.05, 3.63) is 120 Å². The van der Waals surface area contributed by atoms with E-state index in [-0.39, 0.29) is 5.78 Å². The Morgan fingerprint density at radius 1 is 0.939 bits per heavy atom. The molecule has 4 aromatic rings. The van der Waals surface area contributed by atoms with Crippen LogP contribution in [0.15, 0.2) is 97.3 Å². The number of methoxy groups -OCH3 is 1. The summed E-state index contributed by atoms with van der Waals surface area (Å²) in [6.45, 7) is 2.51. The van der Waals surface area contributed by atoms with Gasteiger partial charge in [0.15, 0.2) is 5.78 Å². The Morgan fingerprint density at radius 3 is 2.45 bits per heavy atom. The second-order valence-electron chi connectivity index (χ2n) is 7.70. The number of ether oxygens (including phenoxy) is 2. The zero-order valence-electron chi connectivity index (χ0n) is 18.9. The minimum atomic E-state index is -0.0476. The topological polar surface area (TPSA) is 40.5 Å². The highest BCUT2D eigenvalue weighted by Gasteiger charge is 2.07. The molecule has 4 heteroatoms. The molecule has 166 valence electrons. The van der Waals surface area contributed by atoms with E-state index in [2.05, 4.69) is 19.1 Å². The molecule has 0 saturated carbocycles. The summed E-state index contributed by atoms with van der Waals surface area (Å²) < 4.78 is 13.4. The number of carbonyl (C=O) groups excluding carboxylic acids is 1. The van der Waals surface area contributed by atoms with Crippen molar-refractivity contribution < 1.29 is 14.3 Å². The highest BCUT2D eigenvalue weighted by molar-refractivity contribution is 6.07. The number of aromatic nitrogens is 1. The predicted molar refractivity (Wildman–Crippen MR) is 132 cm³/mol. The van der Waals surface area contributed by atoms with Crippen LogP contribution in [0.1, 0.15) is 34.0 Å². The van der Waals surface area contributed by atoms with E-state index in [0.717, 1.165) is 34.7 Å². The van der Waals surface area contributed by atoms with Gasteiger partial charge in [0, 0.05) is 29.2 Å². The third-order valence-corrected chi connectivity index (χ3v) is 5.49. The van der Waals surface area contributed by atoms with Crippen molar-refractivity contribution in [1.29, 1.82) is 0 Å². The van der Waals surface area contributed by atoms with Crippen molar-refractivity contribution >= 4 is 11.9 Å². The van der Waals surface area contributed by atoms with Crippen LogP contribution >= 0.6 is 0 Å². The van der Waals surface area contributed by atoms with Crippen molar-refractivity contribution in [3.8, 4) is 17.2 Å². The predicted octanol–water partition coefficient (Wildman–Crippen LogP) is 6.52. The van der Waals surface area contributed by atoms with Gasteiger partial charge in [0.2, 0.25) is 0 Å². The van der Waals surface area contributed by atoms with Crippen LogP contribution in [0.5, 0.6) is 11.5 Å². The fraction of sp³-hybridized carbons (Fsp3) is 0.138. The van der Waals surface area contributed by atoms with Crippen LogP contribution in [0.3, 0.4) is 0 Å². The quantitative estimate of drug-likeness (QED) is 0.221. The molecule has 0 unspecified atom stereocenters. The molecule has 0 atom stereocenters. The standard InChI is InChI=1S/C29H27NO3/c1-3-22-9-13-27(14-10-22)33-21-25-19-23(12-16-29(25)32-2)11-15-28(31)24-7-6-8-26(20-24)30-17-4-5-18-30/h4-20H,3,21H2,1-2H3/b15-11+. The van der Waals surface area contributed by atoms with E-state index < -0.39 is 0 Å². The zero-order valence-corrected chi connectivity index (χ0v) is 18.9. The Kier molecular flexibility index (Phi) is 7.06. The van der Waals surface area contributed by atoms with Gasteiger partial charge < -0.3 is 14.0 Å². The summed E-state index contributed by atoms with van der Waals surface area (Å²) in [6, 6.07) is 25.4. The van der Waals surface area contributed by atoms with Crippen molar-refractivity contribution in [1.82, 2.24) is 4.57 Å². The molecule has 0 aliphatic rings. The molecule has 0 bridgehead atoms. The van der Waals surface area contributed by atoms with Crippen molar-refractivity contribution in [2.24, 2.45) is 0 Å². The minimum Gasteiger partial charge on any atom is -0.496 e. The van der Waals surface area contributed by atoms with Gasteiger partial charge in [0.05, 0.1) is 7.11 Å². The highest BCUT2D eigenvalue weighted by Crippen LogP contribution is 2.23. The Morgan fingerprint density at radius 2 is 1.73 bits per heavy atom. The Labute approximate surface area is 194 Å². The molecule has 0 N–H and O–H groups in total. The zero-order chi connectivity index (χ0) is 23.0. The number of allylic oxidation sites excluding steroid dienone is 1. The average molecular weight is 438 g/mol. The average Bonchev–Trinajstić information content (AvgIpc) is 3.41. The van der Waals surface area contributed by atoms with Crippen molar-refractivity contribution in [2.75, 3.05) is 7.11 Å². The molecule has 1 heterocycles. The summed E-state index contributed by atoms with van der Waals surface area (Å²) >= 11 is 0. The number of ketones is 1. The molecule has 0 fully saturated rings. The third kappa shape index (κ3) is 5.60. The van der Waals surface area contributed by atoms with Gasteiger partial charge in [0.25, 0.3) is 0 Å². The van der Waals surface area contributed by atoms with Crippen LogP contribution < -0.4 is 9.47 Å². The van der Waals surface area contributed by atoms with Crippen LogP contribution in [0.25, 0.3) is 11.8 Å². The van der Waals surface area contributed by atoms with Gasteiger partial charge in [-0.15, -0.1) is 0 Å². The second-order valence-corrected chi connectivity index (χ2v) is 7.70. The maximum atomic E-state index is 12.8. The fourth-order valence-electron chi connectivity index (χ4n) is 3.59. The van der Waals surface area contributed by atoms with E-state index in [1.807, 2.05) is 89.8 Å². The lowest BCUT2D eigenvalue weighted by Gasteiger charge is -2.11. The molecule has 0 aliphatic heterocycles. The SMILES string of the molecule is CCc1ccc(OCc2cc(/C=C/C(=O)c3cccc(-n4cccc4)c3)ccc2OC)cc1. The lowest BCUT2D eigenvalue weighted by molar-refractivity contribution is 0.104. The van der Waals surface area contributed by atoms with E-state index >= 15 is 0 Å². The molecule has 3 aromatic carbocycles. The largest absolute Gasteiger partial charge is 0.496 e. The number of carbonyl (C=O) groups is 1. The first-order chi connectivity index (χ1) is 16.2. The molecule has 4 rings (SSSR count). The Hall–Kier alpha value is -4.05. The van der Waals surface area contributed by atoms with Crippen LogP contribution in [0.4, 0.5) is 0 Å². The number of nitrogens with zero attached hydrogens (tertiary/aromatic N) is 1. The van der Waals surface area contributed by atoms with Crippen LogP contribution in [-0.4, -0.2) is 17.5 Å². The van der Waals surface area contributed by atoms with Gasteiger partial charge in [-0.3, -0.25) is 4.79 Å². The first-order valence-corrected chi connectivity index (χ1v) is 11.0. The van der Waals surface area contributed by atoms with Gasteiger partial charge in [-0.05, 0) is 72.2 Å². The number of hydrogen-bond donors (Lipinski definition) is 0. The van der Waals surface area contributed by atoms with Gasteiger partial charge in [-0.1, -0.05) is 43.3 Å². The van der Waals surface area contributed by atoms with Gasteiger partial charge in [0.1, 0.15) is 18.1 Å². The molecule has 0 aliphatic carbocycles. The molecule has 0 spiro atoms. The first-order valence-electron chi connectivity index (χ1n) is 11.0. The van der Waals surface area contributed by atoms with Crippen molar-refractivity contribution in [2.45, 2.75) is 20.0 Å². The molecule has 0 saturated heterocycles. The second kappa shape index (κ2) is 10.5. The summed E-state index contributed by atoms with van der Waals surface area (Å²) in [4.78, 5) is 12.8. The Balaban J connectivity index is 1.47. The molecule has 33 heavy (non-hydrogen) atoms. The molecule has 0 radical (unpaired) electrons. The van der Waals surface area contributed by atoms with Gasteiger partial charge in [-0.25, -0.2) is 0 Å². The maximum Gasteiger partial charge on any atom is 0.185 e. The monoisotopic (exact) mass is 437 g/mol. The number of hydrogen-bond acceptors (Lipinski definition) is 3. The summed E-state index contributed by atoms with van der Waals surface area (Å²) in [5.41, 5.74) is 4.70. The van der Waals surface area contributed by atoms with Crippen LogP contribution in [-0.2, 0) is 13.0 Å². The molecular weight excluding hydrogens is 410 g/mol. The fourth-order valence-corrected chi connectivity index (χ4v) is 3.59. The van der Waals surface area contributed by atoms with Crippen LogP contribution in [0.2, 0.25) is 0 Å². The summed E-state index contributed by atoms with van der Waals surface area (Å²) in [7, 11) is 1.64. The first kappa shape index (κ1) is 22.2. The third-order valence-electron chi connectivity index (χ3n) is 5.49. The minimum absolute atomic E-state index is 0.0476. The smallest absolute Gasteiger partial charge is 0.185 e. The Bertz CT molecular complexity index is 1240. The normalized spacial score (nSPS) is 11.0. The van der Waals surface area contributed by atoms with E-state index in [1.165, 1.54) is 5.56 Å². The number of benzene rings is 3. The van der Waals surface area contributed by atoms with Crippen LogP contribution in [0, 0.1) is 0 Å². The van der Waals surface area contributed by atoms with E-state index in [1.54, 1.807) is 13.2 Å². The molecule has 4 nitrogen and oxygen atoms in total. The van der Waals surface area contributed by atoms with Gasteiger partial charge in [-0.2, -0.15) is 0 Å². The number of aryl methyl sites for hydroxylation is 1. The molecule has 0 amide bonds. The lowest BCUT2D eigenvalue weighted by Crippen LogP contribution is -2.00.